The Bertz CT molecular complexity index is 878. The number of carbonyl (C=O) groups excluding carboxylic acids is 1. The van der Waals surface area contributed by atoms with Crippen LogP contribution in [0.5, 0.6) is 0 Å². The molecule has 0 unspecified atom stereocenters. The predicted molar refractivity (Wildman–Crippen MR) is 111 cm³/mol. The zero-order chi connectivity index (χ0) is 20.2. The first kappa shape index (κ1) is 19.7. The van der Waals surface area contributed by atoms with Gasteiger partial charge in [0.15, 0.2) is 0 Å². The molecule has 4 rings (SSSR count). The van der Waals surface area contributed by atoms with Crippen LogP contribution in [0.3, 0.4) is 0 Å². The lowest BCUT2D eigenvalue weighted by atomic mass is 10.1. The summed E-state index contributed by atoms with van der Waals surface area (Å²) in [6.45, 7) is 2.06. The number of amides is 2. The molecular weight excluding hydrogens is 369 g/mol. The lowest BCUT2D eigenvalue weighted by Crippen LogP contribution is -2.36. The summed E-state index contributed by atoms with van der Waals surface area (Å²) < 4.78 is 14.5. The molecular formula is C23H28FN3O2. The molecule has 1 saturated heterocycles. The third-order valence-corrected chi connectivity index (χ3v) is 5.89. The second kappa shape index (κ2) is 8.82. The molecule has 1 heterocycles. The molecule has 0 bridgehead atoms. The number of carbonyl (C=O) groups is 1. The molecule has 2 aromatic rings. The summed E-state index contributed by atoms with van der Waals surface area (Å²) in [6, 6.07) is 11.2. The Hall–Kier alpha value is -2.60. The number of nitrogens with zero attached hydrogens (tertiary/aromatic N) is 1. The number of benzene rings is 2. The number of urea groups is 1. The van der Waals surface area contributed by atoms with Crippen LogP contribution in [0.2, 0.25) is 0 Å². The van der Waals surface area contributed by atoms with Gasteiger partial charge < -0.3 is 20.6 Å². The van der Waals surface area contributed by atoms with E-state index < -0.39 is 0 Å². The second-order valence-corrected chi connectivity index (χ2v) is 8.00. The molecule has 1 aliphatic heterocycles. The van der Waals surface area contributed by atoms with Crippen LogP contribution in [0.1, 0.15) is 41.5 Å². The minimum atomic E-state index is -0.292. The molecule has 0 atom stereocenters. The molecule has 2 aromatic carbocycles. The average molecular weight is 397 g/mol. The molecule has 3 N–H and O–H groups in total. The van der Waals surface area contributed by atoms with Crippen LogP contribution in [-0.2, 0) is 25.9 Å². The molecule has 0 spiro atoms. The van der Waals surface area contributed by atoms with E-state index >= 15 is 0 Å². The van der Waals surface area contributed by atoms with Gasteiger partial charge in [0, 0.05) is 26.2 Å². The van der Waals surface area contributed by atoms with E-state index in [0.29, 0.717) is 38.2 Å². The Balaban J connectivity index is 1.26. The number of aliphatic hydroxyl groups is 1. The van der Waals surface area contributed by atoms with Crippen molar-refractivity contribution in [3.8, 4) is 0 Å². The van der Waals surface area contributed by atoms with Crippen molar-refractivity contribution in [1.29, 1.82) is 0 Å². The molecule has 1 aliphatic carbocycles. The lowest BCUT2D eigenvalue weighted by Gasteiger charge is -2.31. The van der Waals surface area contributed by atoms with Gasteiger partial charge in [-0.15, -0.1) is 0 Å². The molecule has 2 amide bonds. The largest absolute Gasteiger partial charge is 0.393 e. The fourth-order valence-corrected chi connectivity index (χ4v) is 4.19. The highest BCUT2D eigenvalue weighted by atomic mass is 19.1. The Labute approximate surface area is 170 Å². The van der Waals surface area contributed by atoms with Gasteiger partial charge in [0.1, 0.15) is 5.82 Å². The maximum atomic E-state index is 14.5. The van der Waals surface area contributed by atoms with Crippen molar-refractivity contribution >= 4 is 11.7 Å². The molecule has 1 fully saturated rings. The van der Waals surface area contributed by atoms with Gasteiger partial charge in [-0.25, -0.2) is 9.18 Å². The Morgan fingerprint density at radius 1 is 1.00 bits per heavy atom. The van der Waals surface area contributed by atoms with Crippen LogP contribution in [0.4, 0.5) is 14.9 Å². The third-order valence-electron chi connectivity index (χ3n) is 5.89. The van der Waals surface area contributed by atoms with Gasteiger partial charge in [0.25, 0.3) is 0 Å². The van der Waals surface area contributed by atoms with Crippen molar-refractivity contribution in [2.75, 3.05) is 18.0 Å². The van der Waals surface area contributed by atoms with E-state index in [1.807, 2.05) is 11.0 Å². The summed E-state index contributed by atoms with van der Waals surface area (Å²) >= 11 is 0. The van der Waals surface area contributed by atoms with Gasteiger partial charge in [0.2, 0.25) is 0 Å². The van der Waals surface area contributed by atoms with Crippen molar-refractivity contribution in [1.82, 2.24) is 10.6 Å². The van der Waals surface area contributed by atoms with Gasteiger partial charge in [-0.2, -0.15) is 0 Å². The van der Waals surface area contributed by atoms with E-state index in [4.69, 9.17) is 0 Å². The number of hydrogen-bond donors (Lipinski definition) is 3. The van der Waals surface area contributed by atoms with Crippen molar-refractivity contribution in [3.05, 3.63) is 64.5 Å². The SMILES string of the molecule is O=C(NCc1ccc(N2CCC(O)CC2)c(F)c1)NCc1ccc2c(c1)CCC2. The Morgan fingerprint density at radius 2 is 1.66 bits per heavy atom. The van der Waals surface area contributed by atoms with E-state index in [9.17, 15) is 14.3 Å². The number of anilines is 1. The first-order valence-corrected chi connectivity index (χ1v) is 10.4. The highest BCUT2D eigenvalue weighted by Gasteiger charge is 2.19. The average Bonchev–Trinajstić information content (AvgIpc) is 3.19. The first-order chi connectivity index (χ1) is 14.1. The van der Waals surface area contributed by atoms with Crippen molar-refractivity contribution < 1.29 is 14.3 Å². The molecule has 6 heteroatoms. The van der Waals surface area contributed by atoms with Crippen LogP contribution >= 0.6 is 0 Å². The first-order valence-electron chi connectivity index (χ1n) is 10.4. The number of fused-ring (bicyclic) bond motifs is 1. The number of halogens is 1. The highest BCUT2D eigenvalue weighted by Crippen LogP contribution is 2.24. The molecule has 0 aromatic heterocycles. The second-order valence-electron chi connectivity index (χ2n) is 8.00. The third kappa shape index (κ3) is 4.88. The maximum absolute atomic E-state index is 14.5. The van der Waals surface area contributed by atoms with Crippen molar-refractivity contribution in [2.24, 2.45) is 0 Å². The molecule has 5 nitrogen and oxygen atoms in total. The van der Waals surface area contributed by atoms with Gasteiger partial charge in [-0.3, -0.25) is 0 Å². The number of nitrogens with one attached hydrogen (secondary N) is 2. The molecule has 0 radical (unpaired) electrons. The minimum absolute atomic E-state index is 0.264. The zero-order valence-electron chi connectivity index (χ0n) is 16.6. The Morgan fingerprint density at radius 3 is 2.38 bits per heavy atom. The van der Waals surface area contributed by atoms with Gasteiger partial charge in [0.05, 0.1) is 11.8 Å². The van der Waals surface area contributed by atoms with Crippen LogP contribution < -0.4 is 15.5 Å². The normalized spacial score (nSPS) is 16.6. The fourth-order valence-electron chi connectivity index (χ4n) is 4.19. The topological polar surface area (TPSA) is 64.6 Å². The summed E-state index contributed by atoms with van der Waals surface area (Å²) in [4.78, 5) is 14.1. The van der Waals surface area contributed by atoms with Crippen molar-refractivity contribution in [3.63, 3.8) is 0 Å². The fraction of sp³-hybridized carbons (Fsp3) is 0.435. The number of piperidine rings is 1. The lowest BCUT2D eigenvalue weighted by molar-refractivity contribution is 0.145. The summed E-state index contributed by atoms with van der Waals surface area (Å²) in [7, 11) is 0. The minimum Gasteiger partial charge on any atom is -0.393 e. The zero-order valence-corrected chi connectivity index (χ0v) is 16.6. The van der Waals surface area contributed by atoms with E-state index in [1.54, 1.807) is 6.07 Å². The summed E-state index contributed by atoms with van der Waals surface area (Å²) in [5.74, 6) is -0.292. The number of hydrogen-bond acceptors (Lipinski definition) is 3. The molecule has 2 aliphatic rings. The van der Waals surface area contributed by atoms with E-state index in [-0.39, 0.29) is 24.5 Å². The molecule has 154 valence electrons. The van der Waals surface area contributed by atoms with E-state index in [0.717, 1.165) is 24.0 Å². The maximum Gasteiger partial charge on any atom is 0.315 e. The summed E-state index contributed by atoms with van der Waals surface area (Å²) in [5, 5.41) is 15.3. The van der Waals surface area contributed by atoms with Crippen LogP contribution in [-0.4, -0.2) is 30.3 Å². The standard InChI is InChI=1S/C23H28FN3O2/c24-21-13-17(5-7-22(21)27-10-8-20(28)9-11-27)15-26-23(29)25-14-16-4-6-18-2-1-3-19(18)12-16/h4-7,12-13,20,28H,1-3,8-11,14-15H2,(H2,25,26,29). The van der Waals surface area contributed by atoms with Crippen LogP contribution in [0, 0.1) is 5.82 Å². The van der Waals surface area contributed by atoms with Crippen LogP contribution in [0.25, 0.3) is 0 Å². The number of aryl methyl sites for hydroxylation is 2. The number of aliphatic hydroxyl groups excluding tert-OH is 1. The highest BCUT2D eigenvalue weighted by molar-refractivity contribution is 5.73. The van der Waals surface area contributed by atoms with Crippen LogP contribution in [0.15, 0.2) is 36.4 Å². The monoisotopic (exact) mass is 397 g/mol. The van der Waals surface area contributed by atoms with Crippen molar-refractivity contribution in [2.45, 2.75) is 51.3 Å². The summed E-state index contributed by atoms with van der Waals surface area (Å²) in [5.41, 5.74) is 5.19. The van der Waals surface area contributed by atoms with Gasteiger partial charge in [-0.05, 0) is 66.5 Å². The van der Waals surface area contributed by atoms with Gasteiger partial charge >= 0.3 is 6.03 Å². The van der Waals surface area contributed by atoms with E-state index in [2.05, 4.69) is 28.8 Å². The smallest absolute Gasteiger partial charge is 0.315 e. The predicted octanol–water partition coefficient (Wildman–Crippen LogP) is 3.27. The molecule has 29 heavy (non-hydrogen) atoms. The Kier molecular flexibility index (Phi) is 6.00. The van der Waals surface area contributed by atoms with E-state index in [1.165, 1.54) is 23.6 Å². The quantitative estimate of drug-likeness (QED) is 0.726. The summed E-state index contributed by atoms with van der Waals surface area (Å²) in [6.07, 6.45) is 4.52. The van der Waals surface area contributed by atoms with Gasteiger partial charge in [-0.1, -0.05) is 24.3 Å². The molecule has 0 saturated carbocycles. The number of rotatable bonds is 5.